The number of nitrogens with one attached hydrogen (secondary N) is 1. The van der Waals surface area contributed by atoms with Gasteiger partial charge in [0.05, 0.1) is 16.3 Å². The number of carbonyl (C=O) groups excluding carboxylic acids is 1. The predicted octanol–water partition coefficient (Wildman–Crippen LogP) is -2.13. The molecule has 5 aromatic carbocycles. The Bertz CT molecular complexity index is 2310. The maximum atomic E-state index is 12.5. The van der Waals surface area contributed by atoms with E-state index in [0.717, 1.165) is 6.07 Å². The van der Waals surface area contributed by atoms with Gasteiger partial charge < -0.3 is 19.5 Å². The minimum atomic E-state index is -5.14. The number of azo groups is 2. The van der Waals surface area contributed by atoms with E-state index in [9.17, 15) is 35.8 Å². The van der Waals surface area contributed by atoms with Gasteiger partial charge in [-0.05, 0) is 78.2 Å². The monoisotopic (exact) mass is 725 g/mol. The van der Waals surface area contributed by atoms with Crippen molar-refractivity contribution in [3.63, 3.8) is 0 Å². The maximum absolute atomic E-state index is 12.5. The average molecular weight is 726 g/mol. The molecule has 5 aromatic rings. The molecule has 0 unspecified atom stereocenters. The summed E-state index contributed by atoms with van der Waals surface area (Å²) in [4.78, 5) is 11.2. The molecule has 0 fully saturated rings. The predicted molar refractivity (Wildman–Crippen MR) is 165 cm³/mol. The van der Waals surface area contributed by atoms with Crippen LogP contribution in [-0.2, 0) is 20.2 Å². The van der Waals surface area contributed by atoms with Crippen molar-refractivity contribution < 1.29 is 125 Å². The van der Waals surface area contributed by atoms with Gasteiger partial charge in [0.15, 0.2) is 5.75 Å². The Hall–Kier alpha value is -2.35. The molecule has 2 N–H and O–H groups in total. The summed E-state index contributed by atoms with van der Waals surface area (Å²) in [5.41, 5.74) is 1.47. The van der Waals surface area contributed by atoms with Crippen molar-refractivity contribution in [3.05, 3.63) is 108 Å². The van der Waals surface area contributed by atoms with E-state index >= 15 is 0 Å². The third-order valence-electron chi connectivity index (χ3n) is 6.76. The van der Waals surface area contributed by atoms with Crippen molar-refractivity contribution in [2.75, 3.05) is 5.32 Å². The molecule has 0 radical (unpaired) electrons. The number of rotatable bonds is 8. The molecule has 49 heavy (non-hydrogen) atoms. The van der Waals surface area contributed by atoms with Crippen LogP contribution in [0.15, 0.2) is 115 Å². The zero-order chi connectivity index (χ0) is 33.2. The molecule has 0 aliphatic rings. The van der Waals surface area contributed by atoms with E-state index in [1.54, 1.807) is 43.3 Å². The Morgan fingerprint density at radius 2 is 1.45 bits per heavy atom. The second kappa shape index (κ2) is 17.7. The van der Waals surface area contributed by atoms with E-state index in [4.69, 9.17) is 0 Å². The number of carbonyl (C=O) groups is 1. The summed E-state index contributed by atoms with van der Waals surface area (Å²) in [5, 5.41) is 30.0. The first-order valence-electron chi connectivity index (χ1n) is 13.3. The molecule has 0 saturated heterocycles. The fourth-order valence-electron chi connectivity index (χ4n) is 4.45. The number of benzene rings is 5. The van der Waals surface area contributed by atoms with Crippen LogP contribution in [0.3, 0.4) is 0 Å². The molecule has 0 saturated carbocycles. The maximum Gasteiger partial charge on any atom is 1.00 e. The number of aryl methyl sites for hydroxylation is 1. The molecule has 1 amide bonds. The third kappa shape index (κ3) is 10.4. The van der Waals surface area contributed by atoms with Gasteiger partial charge >= 0.3 is 88.7 Å². The SMILES string of the molecule is Cc1cc(N=Nc2cc[c-]c(S(=O)(=O)[O-])c2C)ccc1N=Nc1c(S(=O)(=O)[O-])cc2cc(NC(=O)c3ccccc3)ccc2c1O.[Na+].[Na+].[Na+]. The summed E-state index contributed by atoms with van der Waals surface area (Å²) in [7, 11) is -9.88. The Morgan fingerprint density at radius 3 is 2.08 bits per heavy atom. The first-order valence-corrected chi connectivity index (χ1v) is 16.1. The van der Waals surface area contributed by atoms with Crippen LogP contribution in [0, 0.1) is 19.9 Å². The summed E-state index contributed by atoms with van der Waals surface area (Å²) < 4.78 is 70.9. The summed E-state index contributed by atoms with van der Waals surface area (Å²) >= 11 is 0. The minimum Gasteiger partial charge on any atom is -0.746 e. The van der Waals surface area contributed by atoms with Crippen LogP contribution in [0.4, 0.5) is 28.4 Å². The average Bonchev–Trinajstić information content (AvgIpc) is 3.00. The van der Waals surface area contributed by atoms with Crippen LogP contribution >= 0.6 is 0 Å². The van der Waals surface area contributed by atoms with E-state index < -0.39 is 47.4 Å². The molecule has 234 valence electrons. The minimum absolute atomic E-state index is 0. The van der Waals surface area contributed by atoms with E-state index in [1.165, 1.54) is 49.4 Å². The van der Waals surface area contributed by atoms with Crippen molar-refractivity contribution >= 4 is 65.4 Å². The Labute approximate surface area is 348 Å². The molecule has 0 atom stereocenters. The normalized spacial score (nSPS) is 11.5. The molecule has 0 heterocycles. The Balaban J connectivity index is 0.00000278. The van der Waals surface area contributed by atoms with Crippen molar-refractivity contribution in [1.29, 1.82) is 0 Å². The second-order valence-corrected chi connectivity index (χ2v) is 12.6. The molecular weight excluding hydrogens is 703 g/mol. The number of phenolic OH excluding ortho intramolecular Hbond substituents is 1. The number of amides is 1. The summed E-state index contributed by atoms with van der Waals surface area (Å²) in [6.45, 7) is 3.06. The van der Waals surface area contributed by atoms with Gasteiger partial charge in [0, 0.05) is 16.6 Å². The van der Waals surface area contributed by atoms with Crippen molar-refractivity contribution in [1.82, 2.24) is 0 Å². The van der Waals surface area contributed by atoms with E-state index in [2.05, 4.69) is 31.8 Å². The molecule has 5 rings (SSSR count). The van der Waals surface area contributed by atoms with Crippen LogP contribution in [0.5, 0.6) is 5.75 Å². The molecule has 0 aromatic heterocycles. The van der Waals surface area contributed by atoms with Gasteiger partial charge in [0.25, 0.3) is 5.91 Å². The molecule has 13 nitrogen and oxygen atoms in total. The molecule has 18 heteroatoms. The van der Waals surface area contributed by atoms with Crippen molar-refractivity contribution in [2.24, 2.45) is 20.5 Å². The van der Waals surface area contributed by atoms with Crippen molar-refractivity contribution in [3.8, 4) is 5.75 Å². The van der Waals surface area contributed by atoms with Gasteiger partial charge in [-0.25, -0.2) is 16.8 Å². The van der Waals surface area contributed by atoms with E-state index in [-0.39, 0.29) is 116 Å². The number of anilines is 1. The van der Waals surface area contributed by atoms with Crippen LogP contribution in [-0.4, -0.2) is 37.0 Å². The van der Waals surface area contributed by atoms with Crippen molar-refractivity contribution in [2.45, 2.75) is 23.6 Å². The Morgan fingerprint density at radius 1 is 0.776 bits per heavy atom. The van der Waals surface area contributed by atoms with Gasteiger partial charge in [-0.3, -0.25) is 4.79 Å². The zero-order valence-corrected chi connectivity index (χ0v) is 34.6. The Kier molecular flexibility index (Phi) is 15.5. The van der Waals surface area contributed by atoms with Gasteiger partial charge in [-0.2, -0.15) is 27.5 Å². The third-order valence-corrected chi connectivity index (χ3v) is 8.53. The van der Waals surface area contributed by atoms with E-state index in [1.807, 2.05) is 0 Å². The number of hydrogen-bond acceptors (Lipinski definition) is 12. The van der Waals surface area contributed by atoms with E-state index in [0.29, 0.717) is 22.5 Å². The standard InChI is InChI=1S/C31H24N5O8S2.3Na/c1-18-15-23(33-35-26-9-6-10-27(19(26)2)45(39,40)41)12-14-25(18)34-36-29-28(46(42,43)44)17-21-16-22(11-13-24(21)30(29)37)32-31(38)20-7-4-3-5-8-20;;;/h3-9,11-17,37H,1-2H3,(H,32,38)(H,39,40,41)(H,42,43,44);;;/q-1;3*+1/p-2. The quantitative estimate of drug-likeness (QED) is 0.0779. The van der Waals surface area contributed by atoms with Crippen LogP contribution in [0.25, 0.3) is 10.8 Å². The molecule has 0 aliphatic heterocycles. The number of nitrogens with zero attached hydrogens (tertiary/aromatic N) is 4. The summed E-state index contributed by atoms with van der Waals surface area (Å²) in [6.07, 6.45) is 0. The zero-order valence-electron chi connectivity index (χ0n) is 27.0. The molecule has 0 aliphatic carbocycles. The number of aromatic hydroxyl groups is 1. The van der Waals surface area contributed by atoms with Crippen LogP contribution < -0.4 is 94.0 Å². The smallest absolute Gasteiger partial charge is 0.746 e. The van der Waals surface area contributed by atoms with Crippen LogP contribution in [0.2, 0.25) is 0 Å². The summed E-state index contributed by atoms with van der Waals surface area (Å²) in [5.74, 6) is -1.01. The largest absolute Gasteiger partial charge is 1.00 e. The fourth-order valence-corrected chi connectivity index (χ4v) is 5.79. The number of hydrogen-bond donors (Lipinski definition) is 2. The first kappa shape index (κ1) is 42.8. The van der Waals surface area contributed by atoms with Gasteiger partial charge in [0.2, 0.25) is 0 Å². The molecular formula is C31H22N5Na3O8S2. The number of phenols is 1. The first-order chi connectivity index (χ1) is 21.7. The fraction of sp³-hybridized carbons (Fsp3) is 0.0645. The summed E-state index contributed by atoms with van der Waals surface area (Å²) in [6, 6.07) is 23.4. The van der Waals surface area contributed by atoms with Crippen LogP contribution in [0.1, 0.15) is 21.5 Å². The molecule has 0 spiro atoms. The second-order valence-electron chi connectivity index (χ2n) is 9.92. The van der Waals surface area contributed by atoms with Gasteiger partial charge in [-0.15, -0.1) is 16.7 Å². The number of fused-ring (bicyclic) bond motifs is 1. The molecule has 0 bridgehead atoms. The van der Waals surface area contributed by atoms with Gasteiger partial charge in [-0.1, -0.05) is 30.0 Å². The van der Waals surface area contributed by atoms with Gasteiger partial charge in [0.1, 0.15) is 25.9 Å². The topological polar surface area (TPSA) is 213 Å².